The van der Waals surface area contributed by atoms with Crippen LogP contribution in [0.2, 0.25) is 0 Å². The SMILES string of the molecule is O=C(N[C@H]1CCCCC/C=C\[C@@H]2CC2(C(=O)NS(=O)(=O)C2CC2)NC(=O)[C@@H]2C[C@@H](O/N=C/c3ccccc3)CN2C1=O)OC1CCCC1. The highest BCUT2D eigenvalue weighted by Crippen LogP contribution is 2.46. The molecule has 14 heteroatoms. The largest absolute Gasteiger partial charge is 0.446 e. The van der Waals surface area contributed by atoms with Gasteiger partial charge in [0.25, 0.3) is 5.91 Å². The summed E-state index contributed by atoms with van der Waals surface area (Å²) < 4.78 is 33.2. The molecule has 0 bridgehead atoms. The monoisotopic (exact) mass is 683 g/mol. The van der Waals surface area contributed by atoms with Crippen LogP contribution < -0.4 is 15.4 Å². The molecule has 6 rings (SSSR count). The van der Waals surface area contributed by atoms with Crippen molar-refractivity contribution in [2.75, 3.05) is 6.54 Å². The Morgan fingerprint density at radius 3 is 2.48 bits per heavy atom. The van der Waals surface area contributed by atoms with Crippen molar-refractivity contribution in [3.8, 4) is 0 Å². The molecule has 4 fully saturated rings. The van der Waals surface area contributed by atoms with E-state index in [2.05, 4.69) is 20.5 Å². The maximum atomic E-state index is 14.2. The Hall–Kier alpha value is -3.94. The minimum atomic E-state index is -3.85. The first-order valence-corrected chi connectivity index (χ1v) is 18.8. The Balaban J connectivity index is 1.23. The van der Waals surface area contributed by atoms with Gasteiger partial charge < -0.3 is 25.1 Å². The lowest BCUT2D eigenvalue weighted by Crippen LogP contribution is -2.58. The molecule has 260 valence electrons. The first-order chi connectivity index (χ1) is 23.1. The highest BCUT2D eigenvalue weighted by Gasteiger charge is 2.62. The molecular formula is C34H45N5O8S. The topological polar surface area (TPSA) is 173 Å². The van der Waals surface area contributed by atoms with Crippen molar-refractivity contribution in [3.63, 3.8) is 0 Å². The smallest absolute Gasteiger partial charge is 0.408 e. The number of rotatable bonds is 8. The number of hydrogen-bond acceptors (Lipinski definition) is 9. The number of sulfonamides is 1. The minimum absolute atomic E-state index is 0.0253. The molecule has 13 nitrogen and oxygen atoms in total. The van der Waals surface area contributed by atoms with Gasteiger partial charge in [-0.15, -0.1) is 0 Å². The first-order valence-electron chi connectivity index (χ1n) is 17.2. The number of fused-ring (bicyclic) bond motifs is 2. The molecule has 3 aliphatic carbocycles. The maximum Gasteiger partial charge on any atom is 0.408 e. The second-order valence-electron chi connectivity index (χ2n) is 13.6. The standard InChI is InChI=1S/C34H45N5O8S/c40-30-29-19-26(47-35-21-23-11-5-4-6-12-23)22-39(29)31(41)28(36-33(43)46-25-14-9-10-15-25)16-8-3-1-2-7-13-24-20-34(24,37-30)32(42)38-48(44,45)27-17-18-27/h4-7,11-13,21,24-29H,1-3,8-10,14-20,22H2,(H,36,43)(H,37,40)(H,38,42)/b13-7-,35-21+/t24-,26-,28+,29+,34?/m1/s1. The molecule has 2 aliphatic heterocycles. The van der Waals surface area contributed by atoms with Crippen molar-refractivity contribution in [1.82, 2.24) is 20.3 Å². The summed E-state index contributed by atoms with van der Waals surface area (Å²) in [6.45, 7) is 0.0253. The number of nitrogens with zero attached hydrogens (tertiary/aromatic N) is 2. The zero-order chi connectivity index (χ0) is 33.7. The van der Waals surface area contributed by atoms with E-state index in [1.807, 2.05) is 42.5 Å². The van der Waals surface area contributed by atoms with Crippen LogP contribution in [0.25, 0.3) is 0 Å². The lowest BCUT2D eigenvalue weighted by molar-refractivity contribution is -0.141. The van der Waals surface area contributed by atoms with Crippen molar-refractivity contribution in [1.29, 1.82) is 0 Å². The molecular weight excluding hydrogens is 638 g/mol. The quantitative estimate of drug-likeness (QED) is 0.213. The van der Waals surface area contributed by atoms with Crippen LogP contribution in [-0.2, 0) is 34.0 Å². The number of amides is 4. The average molecular weight is 684 g/mol. The molecule has 3 saturated carbocycles. The van der Waals surface area contributed by atoms with Gasteiger partial charge in [0.05, 0.1) is 18.0 Å². The Kier molecular flexibility index (Phi) is 10.4. The van der Waals surface area contributed by atoms with Gasteiger partial charge in [-0.05, 0) is 69.8 Å². The molecule has 3 N–H and O–H groups in total. The van der Waals surface area contributed by atoms with Gasteiger partial charge in [-0.3, -0.25) is 19.1 Å². The summed E-state index contributed by atoms with van der Waals surface area (Å²) in [6.07, 6.45) is 12.1. The third-order valence-electron chi connectivity index (χ3n) is 9.92. The molecule has 48 heavy (non-hydrogen) atoms. The zero-order valence-corrected chi connectivity index (χ0v) is 27.9. The normalized spacial score (nSPS) is 30.7. The van der Waals surface area contributed by atoms with Gasteiger partial charge in [0, 0.05) is 12.3 Å². The molecule has 0 spiro atoms. The van der Waals surface area contributed by atoms with E-state index >= 15 is 0 Å². The third-order valence-corrected chi connectivity index (χ3v) is 11.7. The zero-order valence-electron chi connectivity index (χ0n) is 27.1. The number of hydrogen-bond donors (Lipinski definition) is 3. The molecule has 0 aromatic heterocycles. The molecule has 1 unspecified atom stereocenters. The second kappa shape index (κ2) is 14.7. The van der Waals surface area contributed by atoms with Crippen LogP contribution in [0.5, 0.6) is 0 Å². The lowest BCUT2D eigenvalue weighted by atomic mass is 10.0. The molecule has 5 aliphatic rings. The number of nitrogens with one attached hydrogen (secondary N) is 3. The van der Waals surface area contributed by atoms with E-state index in [9.17, 15) is 27.6 Å². The van der Waals surface area contributed by atoms with Gasteiger partial charge in [0.2, 0.25) is 21.8 Å². The average Bonchev–Trinajstić information content (AvgIpc) is 3.93. The summed E-state index contributed by atoms with van der Waals surface area (Å²) >= 11 is 0. The van der Waals surface area contributed by atoms with E-state index in [0.717, 1.165) is 50.5 Å². The summed E-state index contributed by atoms with van der Waals surface area (Å²) in [5.74, 6) is -2.22. The minimum Gasteiger partial charge on any atom is -0.446 e. The number of carbonyl (C=O) groups excluding carboxylic acids is 4. The van der Waals surface area contributed by atoms with Crippen LogP contribution in [0.3, 0.4) is 0 Å². The Bertz CT molecular complexity index is 1520. The molecule has 1 saturated heterocycles. The predicted molar refractivity (Wildman–Crippen MR) is 176 cm³/mol. The van der Waals surface area contributed by atoms with Crippen molar-refractivity contribution >= 4 is 40.1 Å². The van der Waals surface area contributed by atoms with Crippen molar-refractivity contribution in [2.24, 2.45) is 11.1 Å². The number of benzene rings is 1. The van der Waals surface area contributed by atoms with Crippen LogP contribution in [0.15, 0.2) is 47.6 Å². The summed E-state index contributed by atoms with van der Waals surface area (Å²) in [5.41, 5.74) is -0.649. The van der Waals surface area contributed by atoms with Crippen molar-refractivity contribution in [2.45, 2.75) is 119 Å². The number of carbonyl (C=O) groups is 4. The fourth-order valence-corrected chi connectivity index (χ4v) is 8.25. The molecule has 5 atom stereocenters. The molecule has 1 aromatic rings. The fraction of sp³-hybridized carbons (Fsp3) is 0.618. The number of alkyl carbamates (subject to hydrolysis) is 1. The molecule has 1 aromatic carbocycles. The Labute approximate surface area is 281 Å². The van der Waals surface area contributed by atoms with Gasteiger partial charge in [-0.1, -0.05) is 60.5 Å². The number of oxime groups is 1. The maximum absolute atomic E-state index is 14.2. The summed E-state index contributed by atoms with van der Waals surface area (Å²) in [7, 11) is -3.85. The summed E-state index contributed by atoms with van der Waals surface area (Å²) in [6, 6.07) is 7.34. The fourth-order valence-electron chi connectivity index (χ4n) is 6.89. The lowest BCUT2D eigenvalue weighted by Gasteiger charge is -2.30. The highest BCUT2D eigenvalue weighted by atomic mass is 32.2. The number of ether oxygens (including phenoxy) is 1. The molecule has 0 radical (unpaired) electrons. The predicted octanol–water partition coefficient (Wildman–Crippen LogP) is 3.05. The van der Waals surface area contributed by atoms with Crippen LogP contribution in [0.1, 0.15) is 89.0 Å². The van der Waals surface area contributed by atoms with Crippen LogP contribution >= 0.6 is 0 Å². The van der Waals surface area contributed by atoms with Gasteiger partial charge in [0.1, 0.15) is 29.8 Å². The van der Waals surface area contributed by atoms with E-state index < -0.39 is 68.7 Å². The van der Waals surface area contributed by atoms with E-state index in [-0.39, 0.29) is 25.5 Å². The van der Waals surface area contributed by atoms with E-state index in [1.165, 1.54) is 4.90 Å². The first kappa shape index (κ1) is 33.9. The van der Waals surface area contributed by atoms with E-state index in [1.54, 1.807) is 6.21 Å². The van der Waals surface area contributed by atoms with E-state index in [0.29, 0.717) is 25.7 Å². The second-order valence-corrected chi connectivity index (χ2v) is 15.6. The summed E-state index contributed by atoms with van der Waals surface area (Å²) in [5, 5.41) is 9.13. The molecule has 4 amide bonds. The number of allylic oxidation sites excluding steroid dienone is 1. The van der Waals surface area contributed by atoms with Gasteiger partial charge in [-0.2, -0.15) is 0 Å². The van der Waals surface area contributed by atoms with E-state index in [4.69, 9.17) is 9.57 Å². The van der Waals surface area contributed by atoms with Crippen LogP contribution in [0, 0.1) is 5.92 Å². The third kappa shape index (κ3) is 8.19. The molecule has 2 heterocycles. The van der Waals surface area contributed by atoms with Crippen molar-refractivity contribution < 1.29 is 37.2 Å². The van der Waals surface area contributed by atoms with Crippen LogP contribution in [0.4, 0.5) is 4.79 Å². The van der Waals surface area contributed by atoms with Gasteiger partial charge in [0.15, 0.2) is 0 Å². The summed E-state index contributed by atoms with van der Waals surface area (Å²) in [4.78, 5) is 61.9. The van der Waals surface area contributed by atoms with Crippen LogP contribution in [-0.4, -0.2) is 85.0 Å². The Morgan fingerprint density at radius 2 is 1.73 bits per heavy atom. The van der Waals surface area contributed by atoms with Crippen molar-refractivity contribution in [3.05, 3.63) is 48.0 Å². The highest BCUT2D eigenvalue weighted by molar-refractivity contribution is 7.91. The Morgan fingerprint density at radius 1 is 0.979 bits per heavy atom. The van der Waals surface area contributed by atoms with Gasteiger partial charge in [-0.25, -0.2) is 13.2 Å². The van der Waals surface area contributed by atoms with Gasteiger partial charge >= 0.3 is 6.09 Å².